The first-order valence-electron chi connectivity index (χ1n) is 7.86. The highest BCUT2D eigenvalue weighted by molar-refractivity contribution is 5.90. The van der Waals surface area contributed by atoms with E-state index < -0.39 is 0 Å². The van der Waals surface area contributed by atoms with Crippen molar-refractivity contribution in [2.45, 2.75) is 13.3 Å². The molecule has 0 spiro atoms. The number of ether oxygens (including phenoxy) is 2. The zero-order valence-electron chi connectivity index (χ0n) is 14.6. The van der Waals surface area contributed by atoms with Crippen molar-refractivity contribution < 1.29 is 18.8 Å². The van der Waals surface area contributed by atoms with Crippen LogP contribution in [0, 0.1) is 6.92 Å². The van der Waals surface area contributed by atoms with E-state index in [0.29, 0.717) is 23.0 Å². The van der Waals surface area contributed by atoms with Crippen LogP contribution < -0.4 is 14.8 Å². The predicted octanol–water partition coefficient (Wildman–Crippen LogP) is 2.64. The summed E-state index contributed by atoms with van der Waals surface area (Å²) in [5, 5.41) is 6.58. The number of amides is 1. The van der Waals surface area contributed by atoms with Gasteiger partial charge in [-0.1, -0.05) is 5.16 Å². The lowest BCUT2D eigenvalue weighted by Gasteiger charge is -2.07. The van der Waals surface area contributed by atoms with Crippen LogP contribution in [0.3, 0.4) is 0 Å². The molecule has 26 heavy (non-hydrogen) atoms. The normalized spacial score (nSPS) is 10.4. The number of rotatable bonds is 6. The van der Waals surface area contributed by atoms with E-state index in [-0.39, 0.29) is 18.3 Å². The van der Waals surface area contributed by atoms with Crippen LogP contribution in [-0.2, 0) is 11.2 Å². The van der Waals surface area contributed by atoms with Crippen LogP contribution in [0.1, 0.15) is 11.4 Å². The fourth-order valence-corrected chi connectivity index (χ4v) is 2.36. The minimum atomic E-state index is -0.275. The Bertz CT molecular complexity index is 923. The summed E-state index contributed by atoms with van der Waals surface area (Å²) >= 11 is 0. The number of anilines is 1. The van der Waals surface area contributed by atoms with E-state index in [4.69, 9.17) is 14.0 Å². The van der Waals surface area contributed by atoms with Crippen molar-refractivity contribution in [2.24, 2.45) is 0 Å². The summed E-state index contributed by atoms with van der Waals surface area (Å²) in [4.78, 5) is 20.2. The van der Waals surface area contributed by atoms with E-state index in [9.17, 15) is 4.79 Å². The number of nitrogens with one attached hydrogen (secondary N) is 1. The molecule has 0 aliphatic carbocycles. The molecule has 134 valence electrons. The molecule has 2 heterocycles. The Morgan fingerprint density at radius 1 is 1.15 bits per heavy atom. The minimum absolute atomic E-state index is 0.0497. The van der Waals surface area contributed by atoms with Gasteiger partial charge in [0.15, 0.2) is 17.3 Å². The van der Waals surface area contributed by atoms with Crippen molar-refractivity contribution in [1.29, 1.82) is 0 Å². The molecule has 0 atom stereocenters. The van der Waals surface area contributed by atoms with Gasteiger partial charge in [-0.15, -0.1) is 0 Å². The Balaban J connectivity index is 1.70. The van der Waals surface area contributed by atoms with Crippen LogP contribution in [-0.4, -0.2) is 35.3 Å². The first-order valence-corrected chi connectivity index (χ1v) is 7.86. The number of nitrogens with zero attached hydrogens (tertiary/aromatic N) is 3. The molecule has 0 bridgehead atoms. The van der Waals surface area contributed by atoms with Gasteiger partial charge in [-0.3, -0.25) is 10.1 Å². The number of carbonyl (C=O) groups excluding carboxylic acids is 1. The molecule has 0 aliphatic rings. The van der Waals surface area contributed by atoms with Gasteiger partial charge in [0.2, 0.25) is 11.9 Å². The molecule has 3 aromatic rings. The van der Waals surface area contributed by atoms with E-state index in [0.717, 1.165) is 11.3 Å². The Labute approximate surface area is 150 Å². The summed E-state index contributed by atoms with van der Waals surface area (Å²) in [6.07, 6.45) is 1.64. The summed E-state index contributed by atoms with van der Waals surface area (Å²) in [7, 11) is 3.13. The smallest absolute Gasteiger partial charge is 0.232 e. The Morgan fingerprint density at radius 2 is 1.96 bits per heavy atom. The van der Waals surface area contributed by atoms with Gasteiger partial charge in [0.05, 0.1) is 26.3 Å². The molecule has 0 aliphatic heterocycles. The summed E-state index contributed by atoms with van der Waals surface area (Å²) < 4.78 is 15.8. The third-order valence-electron chi connectivity index (χ3n) is 3.61. The number of aromatic nitrogens is 3. The van der Waals surface area contributed by atoms with Crippen LogP contribution in [0.4, 0.5) is 5.95 Å². The van der Waals surface area contributed by atoms with Crippen LogP contribution >= 0.6 is 0 Å². The molecule has 8 nitrogen and oxygen atoms in total. The first-order chi connectivity index (χ1) is 12.6. The van der Waals surface area contributed by atoms with Gasteiger partial charge in [-0.2, -0.15) is 0 Å². The van der Waals surface area contributed by atoms with Gasteiger partial charge < -0.3 is 14.0 Å². The number of benzene rings is 1. The molecule has 0 saturated heterocycles. The SMILES string of the molecule is COc1ccc(-c2cc(CC(=O)Nc3nccc(C)n3)no2)cc1OC. The molecule has 1 aromatic carbocycles. The highest BCUT2D eigenvalue weighted by Crippen LogP contribution is 2.32. The second-order valence-corrected chi connectivity index (χ2v) is 5.50. The van der Waals surface area contributed by atoms with Crippen LogP contribution in [0.2, 0.25) is 0 Å². The average Bonchev–Trinajstić information content (AvgIpc) is 3.09. The molecule has 2 aromatic heterocycles. The summed E-state index contributed by atoms with van der Waals surface area (Å²) in [5.41, 5.74) is 2.04. The van der Waals surface area contributed by atoms with E-state index in [2.05, 4.69) is 20.4 Å². The highest BCUT2D eigenvalue weighted by Gasteiger charge is 2.14. The van der Waals surface area contributed by atoms with Crippen LogP contribution in [0.5, 0.6) is 11.5 Å². The summed E-state index contributed by atoms with van der Waals surface area (Å²) in [5.74, 6) is 1.72. The summed E-state index contributed by atoms with van der Waals surface area (Å²) in [6.45, 7) is 1.82. The molecule has 1 amide bonds. The molecule has 0 saturated carbocycles. The predicted molar refractivity (Wildman–Crippen MR) is 94.1 cm³/mol. The Morgan fingerprint density at radius 3 is 2.69 bits per heavy atom. The molecule has 0 radical (unpaired) electrons. The van der Waals surface area contributed by atoms with Gasteiger partial charge in [0.25, 0.3) is 0 Å². The zero-order chi connectivity index (χ0) is 18.5. The maximum absolute atomic E-state index is 12.1. The van der Waals surface area contributed by atoms with Crippen LogP contribution in [0.15, 0.2) is 41.1 Å². The standard InChI is InChI=1S/C18H18N4O4/c1-11-6-7-19-18(20-11)21-17(23)10-13-9-15(26-22-13)12-4-5-14(24-2)16(8-12)25-3/h4-9H,10H2,1-3H3,(H,19,20,21,23). The largest absolute Gasteiger partial charge is 0.493 e. The van der Waals surface area contributed by atoms with Crippen molar-refractivity contribution >= 4 is 11.9 Å². The number of methoxy groups -OCH3 is 2. The monoisotopic (exact) mass is 354 g/mol. The Kier molecular flexibility index (Phi) is 5.12. The van der Waals surface area contributed by atoms with Gasteiger partial charge >= 0.3 is 0 Å². The van der Waals surface area contributed by atoms with Crippen molar-refractivity contribution in [3.05, 3.63) is 47.9 Å². The maximum Gasteiger partial charge on any atom is 0.232 e. The maximum atomic E-state index is 12.1. The number of carbonyl (C=O) groups is 1. The van der Waals surface area contributed by atoms with Gasteiger partial charge in [0, 0.05) is 23.5 Å². The van der Waals surface area contributed by atoms with E-state index in [1.54, 1.807) is 44.7 Å². The van der Waals surface area contributed by atoms with Crippen LogP contribution in [0.25, 0.3) is 11.3 Å². The fraction of sp³-hybridized carbons (Fsp3) is 0.222. The molecule has 8 heteroatoms. The first kappa shape index (κ1) is 17.4. The lowest BCUT2D eigenvalue weighted by molar-refractivity contribution is -0.115. The van der Waals surface area contributed by atoms with Crippen molar-refractivity contribution in [2.75, 3.05) is 19.5 Å². The average molecular weight is 354 g/mol. The third-order valence-corrected chi connectivity index (χ3v) is 3.61. The lowest BCUT2D eigenvalue weighted by Crippen LogP contribution is -2.16. The number of hydrogen-bond acceptors (Lipinski definition) is 7. The third kappa shape index (κ3) is 3.97. The van der Waals surface area contributed by atoms with E-state index in [1.807, 2.05) is 13.0 Å². The van der Waals surface area contributed by atoms with Gasteiger partial charge in [-0.05, 0) is 31.2 Å². The lowest BCUT2D eigenvalue weighted by atomic mass is 10.1. The topological polar surface area (TPSA) is 99.4 Å². The second kappa shape index (κ2) is 7.64. The molecular formula is C18H18N4O4. The molecule has 0 fully saturated rings. The van der Waals surface area contributed by atoms with Crippen molar-refractivity contribution in [3.63, 3.8) is 0 Å². The quantitative estimate of drug-likeness (QED) is 0.726. The highest BCUT2D eigenvalue weighted by atomic mass is 16.5. The van der Waals surface area contributed by atoms with Gasteiger partial charge in [-0.25, -0.2) is 9.97 Å². The molecular weight excluding hydrogens is 336 g/mol. The van der Waals surface area contributed by atoms with Gasteiger partial charge in [0.1, 0.15) is 0 Å². The Hall–Kier alpha value is -3.42. The second-order valence-electron chi connectivity index (χ2n) is 5.50. The zero-order valence-corrected chi connectivity index (χ0v) is 14.6. The fourth-order valence-electron chi connectivity index (χ4n) is 2.36. The van der Waals surface area contributed by atoms with Crippen molar-refractivity contribution in [3.8, 4) is 22.8 Å². The molecule has 0 unspecified atom stereocenters. The van der Waals surface area contributed by atoms with Crippen molar-refractivity contribution in [1.82, 2.24) is 15.1 Å². The van der Waals surface area contributed by atoms with E-state index in [1.165, 1.54) is 0 Å². The van der Waals surface area contributed by atoms with E-state index >= 15 is 0 Å². The molecule has 3 rings (SSSR count). The number of hydrogen-bond donors (Lipinski definition) is 1. The number of aryl methyl sites for hydroxylation is 1. The summed E-state index contributed by atoms with van der Waals surface area (Å²) in [6, 6.07) is 8.84. The minimum Gasteiger partial charge on any atom is -0.493 e. The molecule has 1 N–H and O–H groups in total.